The number of hydrogen-bond acceptors (Lipinski definition) is 1. The molecule has 0 amide bonds. The van der Waals surface area contributed by atoms with E-state index in [1.54, 1.807) is 9.45 Å². The van der Waals surface area contributed by atoms with Crippen LogP contribution in [0.4, 0.5) is 0 Å². The summed E-state index contributed by atoms with van der Waals surface area (Å²) >= 11 is -1.65. The molecule has 4 heteroatoms. The van der Waals surface area contributed by atoms with Crippen molar-refractivity contribution in [1.82, 2.24) is 3.80 Å². The maximum absolute atomic E-state index is 4.19. The molecular weight excluding hydrogens is 418 g/mol. The third-order valence-electron chi connectivity index (χ3n) is 6.87. The van der Waals surface area contributed by atoms with Gasteiger partial charge in [-0.3, -0.25) is 0 Å². The molecule has 2 aliphatic carbocycles. The van der Waals surface area contributed by atoms with Crippen molar-refractivity contribution in [1.29, 1.82) is 0 Å². The van der Waals surface area contributed by atoms with Gasteiger partial charge in [0.05, 0.1) is 16.1 Å². The Labute approximate surface area is 187 Å². The molecule has 1 saturated carbocycles. The Balaban J connectivity index is 0.000000223. The van der Waals surface area contributed by atoms with E-state index in [0.717, 1.165) is 16.1 Å². The molecule has 29 heavy (non-hydrogen) atoms. The van der Waals surface area contributed by atoms with Crippen LogP contribution in [-0.2, 0) is 16.8 Å². The zero-order chi connectivity index (χ0) is 22.3. The van der Waals surface area contributed by atoms with Gasteiger partial charge in [0.15, 0.2) is 0 Å². The van der Waals surface area contributed by atoms with Crippen LogP contribution in [0.1, 0.15) is 33.6 Å². The number of allylic oxidation sites excluding steroid dienone is 6. The Hall–Kier alpha value is 0.0681. The molecule has 3 unspecified atom stereocenters. The standard InChI is InChI=1S/C10H22Si2.C9H11.C4H10N.C2H4.Ti/c1-9(11(3,4)5)10(2)12(6,7)8;1-2-5-9-7-3-6-8(9)4-1;1-4(2,3)5;1-2;/h1-2H2,3-8H3;1-2,4-6,8-9H,3,7H2;5H,1-3H3;1-2H2;/q;;-1;;+1. The Bertz CT molecular complexity index is 657. The van der Waals surface area contributed by atoms with Gasteiger partial charge in [-0.2, -0.15) is 0 Å². The van der Waals surface area contributed by atoms with Gasteiger partial charge in [-0.25, -0.2) is 0 Å². The van der Waals surface area contributed by atoms with Crippen LogP contribution >= 0.6 is 0 Å². The average molecular weight is 466 g/mol. The van der Waals surface area contributed by atoms with E-state index >= 15 is 0 Å². The number of rotatable bonds is 5. The normalized spacial score (nSPS) is 27.7. The van der Waals surface area contributed by atoms with E-state index in [1.807, 2.05) is 0 Å². The van der Waals surface area contributed by atoms with Gasteiger partial charge in [0.25, 0.3) is 0 Å². The Morgan fingerprint density at radius 1 is 0.862 bits per heavy atom. The number of hydrogen-bond donors (Lipinski definition) is 1. The minimum absolute atomic E-state index is 0.336. The molecule has 3 rings (SSSR count). The molecule has 1 aliphatic heterocycles. The molecule has 3 atom stereocenters. The Morgan fingerprint density at radius 2 is 1.34 bits per heavy atom. The summed E-state index contributed by atoms with van der Waals surface area (Å²) in [6.45, 7) is 29.4. The van der Waals surface area contributed by atoms with Gasteiger partial charge in [-0.15, -0.1) is 0 Å². The summed E-state index contributed by atoms with van der Waals surface area (Å²) < 4.78 is 8.31. The Morgan fingerprint density at radius 3 is 1.76 bits per heavy atom. The second-order valence-electron chi connectivity index (χ2n) is 12.7. The molecule has 164 valence electrons. The van der Waals surface area contributed by atoms with E-state index < -0.39 is 33.0 Å². The first-order valence-electron chi connectivity index (χ1n) is 11.6. The van der Waals surface area contributed by atoms with Gasteiger partial charge in [0.2, 0.25) is 0 Å². The predicted octanol–water partition coefficient (Wildman–Crippen LogP) is 8.09. The van der Waals surface area contributed by atoms with Crippen LogP contribution < -0.4 is 3.80 Å². The molecule has 1 saturated heterocycles. The molecule has 0 aromatic heterocycles. The van der Waals surface area contributed by atoms with Crippen LogP contribution in [0.2, 0.25) is 53.0 Å². The van der Waals surface area contributed by atoms with Crippen molar-refractivity contribution in [3.63, 3.8) is 0 Å². The summed E-state index contributed by atoms with van der Waals surface area (Å²) in [5.41, 5.74) is 0.336. The van der Waals surface area contributed by atoms with Crippen LogP contribution in [0.5, 0.6) is 0 Å². The summed E-state index contributed by atoms with van der Waals surface area (Å²) in [6, 6.07) is 0. The van der Waals surface area contributed by atoms with Crippen molar-refractivity contribution in [2.75, 3.05) is 0 Å². The molecular formula is C25H47NSi2Ti. The molecule has 0 bridgehead atoms. The number of nitrogens with one attached hydrogen (secondary N) is 1. The van der Waals surface area contributed by atoms with Gasteiger partial charge in [0.1, 0.15) is 0 Å². The fourth-order valence-electron chi connectivity index (χ4n) is 4.98. The van der Waals surface area contributed by atoms with E-state index in [4.69, 9.17) is 0 Å². The van der Waals surface area contributed by atoms with Crippen LogP contribution in [0.25, 0.3) is 0 Å². The third-order valence-corrected chi connectivity index (χ3v) is 19.0. The van der Waals surface area contributed by atoms with Crippen molar-refractivity contribution in [2.24, 2.45) is 11.8 Å². The predicted molar refractivity (Wildman–Crippen MR) is 136 cm³/mol. The van der Waals surface area contributed by atoms with Crippen LogP contribution in [0.3, 0.4) is 0 Å². The summed E-state index contributed by atoms with van der Waals surface area (Å²) in [5.74, 6) is 1.76. The van der Waals surface area contributed by atoms with Crippen LogP contribution in [-0.4, -0.2) is 21.7 Å². The van der Waals surface area contributed by atoms with E-state index in [1.165, 1.54) is 23.2 Å². The second-order valence-corrected chi connectivity index (χ2v) is 29.6. The first-order chi connectivity index (χ1) is 13.1. The second kappa shape index (κ2) is 8.90. The van der Waals surface area contributed by atoms with Crippen LogP contribution in [0, 0.1) is 11.8 Å². The topological polar surface area (TPSA) is 12.0 Å². The minimum atomic E-state index is -1.65. The van der Waals surface area contributed by atoms with E-state index in [0.29, 0.717) is 5.54 Å². The van der Waals surface area contributed by atoms with Crippen molar-refractivity contribution in [3.05, 3.63) is 47.9 Å². The first kappa shape index (κ1) is 25.3. The molecule has 0 radical (unpaired) electrons. The molecule has 0 spiro atoms. The third kappa shape index (κ3) is 6.77. The summed E-state index contributed by atoms with van der Waals surface area (Å²) in [5, 5.41) is 2.73. The first-order valence-corrected chi connectivity index (χ1v) is 22.5. The van der Waals surface area contributed by atoms with Gasteiger partial charge in [-0.1, -0.05) is 62.8 Å². The number of fused-ring (bicyclic) bond motifs is 1. The summed E-state index contributed by atoms with van der Waals surface area (Å²) in [6.07, 6.45) is 12.4. The van der Waals surface area contributed by atoms with Crippen molar-refractivity contribution in [3.8, 4) is 0 Å². The monoisotopic (exact) mass is 465 g/mol. The molecule has 0 aromatic carbocycles. The van der Waals surface area contributed by atoms with Crippen molar-refractivity contribution in [2.45, 2.75) is 92.1 Å². The van der Waals surface area contributed by atoms with Gasteiger partial charge < -0.3 is 0 Å². The average Bonchev–Trinajstić information content (AvgIpc) is 3.18. The SMILES string of the molecule is C=C(C(=C)[Si](C)(C)C)[Si](C)(C)C.CC(C)(C)[NH][Ti]1([CH]2CCC3C=CC=CC32)[CH2][CH2]1. The van der Waals surface area contributed by atoms with Crippen molar-refractivity contribution < 1.29 is 16.8 Å². The van der Waals surface area contributed by atoms with Crippen LogP contribution in [0.15, 0.2) is 47.9 Å². The molecule has 1 N–H and O–H groups in total. The molecule has 2 fully saturated rings. The van der Waals surface area contributed by atoms with Gasteiger partial charge in [0, 0.05) is 0 Å². The fourth-order valence-corrected chi connectivity index (χ4v) is 18.2. The van der Waals surface area contributed by atoms with Gasteiger partial charge in [-0.05, 0) is 0 Å². The summed E-state index contributed by atoms with van der Waals surface area (Å²) in [7, 11) is -2.39. The quantitative estimate of drug-likeness (QED) is 0.319. The molecule has 0 aromatic rings. The summed E-state index contributed by atoms with van der Waals surface area (Å²) in [4.78, 5) is 0. The van der Waals surface area contributed by atoms with Gasteiger partial charge >= 0.3 is 110 Å². The van der Waals surface area contributed by atoms with E-state index in [2.05, 4.69) is 101 Å². The molecule has 1 nitrogen and oxygen atoms in total. The van der Waals surface area contributed by atoms with E-state index in [9.17, 15) is 0 Å². The van der Waals surface area contributed by atoms with E-state index in [-0.39, 0.29) is 0 Å². The molecule has 1 heterocycles. The maximum atomic E-state index is 4.19. The zero-order valence-electron chi connectivity index (χ0n) is 20.8. The zero-order valence-corrected chi connectivity index (χ0v) is 24.3. The molecule has 3 aliphatic rings. The van der Waals surface area contributed by atoms with Crippen molar-refractivity contribution >= 4 is 16.1 Å². The Kier molecular flexibility index (Phi) is 7.77. The fraction of sp³-hybridized carbons (Fsp3) is 0.680.